The molecular formula is C41H64N4O12. The molecule has 0 aliphatic rings. The third-order valence-corrected chi connectivity index (χ3v) is 8.06. The number of carbonyl (C=O) groups excluding carboxylic acids is 6. The Labute approximate surface area is 337 Å². The van der Waals surface area contributed by atoms with E-state index in [0.29, 0.717) is 6.54 Å². The van der Waals surface area contributed by atoms with Crippen LogP contribution in [0.4, 0.5) is 4.79 Å². The van der Waals surface area contributed by atoms with Crippen molar-refractivity contribution in [1.29, 1.82) is 0 Å². The number of nitrogens with zero attached hydrogens (tertiary/aromatic N) is 3. The summed E-state index contributed by atoms with van der Waals surface area (Å²) in [7, 11) is 0. The van der Waals surface area contributed by atoms with Gasteiger partial charge in [-0.3, -0.25) is 38.7 Å². The van der Waals surface area contributed by atoms with Gasteiger partial charge in [-0.2, -0.15) is 0 Å². The molecule has 1 amide bonds. The van der Waals surface area contributed by atoms with Crippen LogP contribution in [0.3, 0.4) is 0 Å². The van der Waals surface area contributed by atoms with Crippen LogP contribution in [0.15, 0.2) is 54.6 Å². The maximum atomic E-state index is 13.5. The largest absolute Gasteiger partial charge is 0.465 e. The molecule has 320 valence electrons. The van der Waals surface area contributed by atoms with E-state index in [1.54, 1.807) is 44.4 Å². The van der Waals surface area contributed by atoms with Crippen LogP contribution >= 0.6 is 0 Å². The summed E-state index contributed by atoms with van der Waals surface area (Å²) in [5, 5.41) is 2.76. The first-order valence-corrected chi connectivity index (χ1v) is 19.8. The fourth-order valence-corrected chi connectivity index (χ4v) is 5.39. The van der Waals surface area contributed by atoms with Gasteiger partial charge in [0.25, 0.3) is 0 Å². The van der Waals surface area contributed by atoms with E-state index < -0.39 is 42.0 Å². The summed E-state index contributed by atoms with van der Waals surface area (Å²) >= 11 is 0. The molecule has 1 unspecified atom stereocenters. The van der Waals surface area contributed by atoms with E-state index in [1.165, 1.54) is 0 Å². The Morgan fingerprint density at radius 2 is 1.07 bits per heavy atom. The summed E-state index contributed by atoms with van der Waals surface area (Å²) in [6.07, 6.45) is 9.73. The van der Waals surface area contributed by atoms with Gasteiger partial charge in [-0.25, -0.2) is 4.79 Å². The number of carbonyl (C=O) groups is 6. The minimum atomic E-state index is -0.790. The second kappa shape index (κ2) is 32.3. The number of allylic oxidation sites excluding steroid dienone is 3. The number of benzene rings is 1. The van der Waals surface area contributed by atoms with Gasteiger partial charge in [0, 0.05) is 32.7 Å². The summed E-state index contributed by atoms with van der Waals surface area (Å²) < 4.78 is 31.2. The maximum Gasteiger partial charge on any atom is 0.407 e. The number of rotatable bonds is 31. The van der Waals surface area contributed by atoms with Crippen LogP contribution in [0.1, 0.15) is 65.9 Å². The second-order valence-corrected chi connectivity index (χ2v) is 12.5. The molecule has 16 nitrogen and oxygen atoms in total. The van der Waals surface area contributed by atoms with Crippen LogP contribution < -0.4 is 5.32 Å². The Hall–Kier alpha value is -4.80. The van der Waals surface area contributed by atoms with Crippen molar-refractivity contribution in [2.75, 3.05) is 91.9 Å². The number of hydrogen-bond donors (Lipinski definition) is 1. The molecule has 1 rings (SSSR count). The van der Waals surface area contributed by atoms with Crippen LogP contribution in [0.2, 0.25) is 0 Å². The van der Waals surface area contributed by atoms with Crippen molar-refractivity contribution in [2.24, 2.45) is 0 Å². The molecule has 1 N–H and O–H groups in total. The van der Waals surface area contributed by atoms with Gasteiger partial charge in [0.2, 0.25) is 0 Å². The highest BCUT2D eigenvalue weighted by atomic mass is 16.6. The molecule has 16 heteroatoms. The Kier molecular flexibility index (Phi) is 28.5. The molecule has 0 saturated carbocycles. The Morgan fingerprint density at radius 3 is 1.54 bits per heavy atom. The summed E-state index contributed by atoms with van der Waals surface area (Å²) in [5.74, 6) is -2.55. The molecule has 57 heavy (non-hydrogen) atoms. The fraction of sp³-hybridized carbons (Fsp3) is 0.610. The fourth-order valence-electron chi connectivity index (χ4n) is 5.39. The van der Waals surface area contributed by atoms with Gasteiger partial charge in [0.15, 0.2) is 0 Å². The van der Waals surface area contributed by atoms with Crippen LogP contribution in [-0.2, 0) is 59.0 Å². The third kappa shape index (κ3) is 25.1. The lowest BCUT2D eigenvalue weighted by atomic mass is 10.1. The Morgan fingerprint density at radius 1 is 0.596 bits per heavy atom. The lowest BCUT2D eigenvalue weighted by Gasteiger charge is -2.33. The van der Waals surface area contributed by atoms with E-state index in [2.05, 4.69) is 5.32 Å². The van der Waals surface area contributed by atoms with Crippen molar-refractivity contribution in [3.05, 3.63) is 60.2 Å². The van der Waals surface area contributed by atoms with E-state index in [9.17, 15) is 28.8 Å². The van der Waals surface area contributed by atoms with Gasteiger partial charge in [-0.15, -0.1) is 0 Å². The number of unbranched alkanes of at least 4 members (excludes halogenated alkanes) is 2. The van der Waals surface area contributed by atoms with Crippen molar-refractivity contribution >= 4 is 35.9 Å². The molecule has 0 aromatic heterocycles. The van der Waals surface area contributed by atoms with Gasteiger partial charge in [-0.05, 0) is 65.9 Å². The monoisotopic (exact) mass is 804 g/mol. The zero-order valence-electron chi connectivity index (χ0n) is 34.4. The molecule has 0 bridgehead atoms. The molecule has 0 aliphatic carbocycles. The highest BCUT2D eigenvalue weighted by Gasteiger charge is 2.29. The highest BCUT2D eigenvalue weighted by Crippen LogP contribution is 2.11. The predicted octanol–water partition coefficient (Wildman–Crippen LogP) is 3.68. The second-order valence-electron chi connectivity index (χ2n) is 12.5. The Balaban J connectivity index is 3.06. The van der Waals surface area contributed by atoms with Crippen LogP contribution in [0, 0.1) is 0 Å². The zero-order chi connectivity index (χ0) is 42.1. The van der Waals surface area contributed by atoms with E-state index in [4.69, 9.17) is 28.4 Å². The smallest absolute Gasteiger partial charge is 0.407 e. The van der Waals surface area contributed by atoms with Crippen molar-refractivity contribution in [1.82, 2.24) is 20.0 Å². The molecule has 0 saturated heterocycles. The molecule has 1 atom stereocenters. The van der Waals surface area contributed by atoms with E-state index in [-0.39, 0.29) is 98.4 Å². The highest BCUT2D eigenvalue weighted by molar-refractivity contribution is 5.77. The van der Waals surface area contributed by atoms with E-state index >= 15 is 0 Å². The molecule has 1 aromatic carbocycles. The van der Waals surface area contributed by atoms with E-state index in [1.807, 2.05) is 59.5 Å². The SMILES string of the molecule is CCOC(=O)CN(CCN(CCN(CC(=O)OCC)CC(=O)OCC)C(CC=CC=CCCCCNC(=O)OCc1ccccc1)C(=O)OCC)CC(=O)OCC. The predicted molar refractivity (Wildman–Crippen MR) is 213 cm³/mol. The van der Waals surface area contributed by atoms with Crippen LogP contribution in [0.25, 0.3) is 0 Å². The molecule has 0 heterocycles. The number of alkyl carbamates (subject to hydrolysis) is 1. The first-order chi connectivity index (χ1) is 27.6. The molecule has 1 aromatic rings. The van der Waals surface area contributed by atoms with Crippen molar-refractivity contribution in [2.45, 2.75) is 73.0 Å². The molecule has 0 spiro atoms. The van der Waals surface area contributed by atoms with Gasteiger partial charge in [-0.1, -0.05) is 54.6 Å². The minimum absolute atomic E-state index is 0.141. The normalized spacial score (nSPS) is 11.9. The lowest BCUT2D eigenvalue weighted by molar-refractivity contribution is -0.152. The first-order valence-electron chi connectivity index (χ1n) is 19.8. The molecule has 0 fully saturated rings. The van der Waals surface area contributed by atoms with Crippen molar-refractivity contribution in [3.63, 3.8) is 0 Å². The average Bonchev–Trinajstić information content (AvgIpc) is 3.17. The lowest BCUT2D eigenvalue weighted by Crippen LogP contribution is -2.50. The number of esters is 5. The Bertz CT molecular complexity index is 1290. The van der Waals surface area contributed by atoms with Crippen molar-refractivity contribution < 1.29 is 57.2 Å². The summed E-state index contributed by atoms with van der Waals surface area (Å²) in [4.78, 5) is 80.3. The zero-order valence-corrected chi connectivity index (χ0v) is 34.4. The van der Waals surface area contributed by atoms with Gasteiger partial charge < -0.3 is 33.7 Å². The van der Waals surface area contributed by atoms with Gasteiger partial charge in [0.05, 0.1) is 59.2 Å². The standard InChI is InChI=1S/C41H64N4O12/c1-6-52-36(46)29-43(30-37(47)53-7-2)25-27-45(28-26-44(31-38(48)54-8-3)32-39(49)55-9-4)35(40(50)56-10-5)23-19-14-12-11-13-15-20-24-42-41(51)57-33-34-21-17-16-18-22-34/h11-12,14,16-19,21-22,35H,6-10,13,15,20,23-33H2,1-5H3,(H,42,51). The van der Waals surface area contributed by atoms with Gasteiger partial charge >= 0.3 is 35.9 Å². The number of nitrogens with one attached hydrogen (secondary N) is 1. The van der Waals surface area contributed by atoms with Crippen LogP contribution in [0.5, 0.6) is 0 Å². The van der Waals surface area contributed by atoms with Crippen molar-refractivity contribution in [3.8, 4) is 0 Å². The molecule has 0 aliphatic heterocycles. The van der Waals surface area contributed by atoms with E-state index in [0.717, 1.165) is 24.8 Å². The number of ether oxygens (including phenoxy) is 6. The van der Waals surface area contributed by atoms with Gasteiger partial charge in [0.1, 0.15) is 12.6 Å². The minimum Gasteiger partial charge on any atom is -0.465 e. The maximum absolute atomic E-state index is 13.5. The summed E-state index contributed by atoms with van der Waals surface area (Å²) in [5.41, 5.74) is 0.916. The molecular weight excluding hydrogens is 740 g/mol. The quantitative estimate of drug-likeness (QED) is 0.0497. The third-order valence-electron chi connectivity index (χ3n) is 8.06. The molecule has 0 radical (unpaired) electrons. The first kappa shape index (κ1) is 50.2. The summed E-state index contributed by atoms with van der Waals surface area (Å²) in [6, 6.07) is 8.66. The van der Waals surface area contributed by atoms with Crippen LogP contribution in [-0.4, -0.2) is 149 Å². The number of hydrogen-bond acceptors (Lipinski definition) is 15. The summed E-state index contributed by atoms with van der Waals surface area (Å²) in [6.45, 7) is 10.0. The number of amides is 1. The topological polar surface area (TPSA) is 180 Å². The average molecular weight is 805 g/mol.